The molecule has 0 aliphatic carbocycles. The summed E-state index contributed by atoms with van der Waals surface area (Å²) in [5.41, 5.74) is 1.23. The van der Waals surface area contributed by atoms with Crippen LogP contribution in [-0.2, 0) is 13.6 Å². The largest absolute Gasteiger partial charge is 0.337 e. The van der Waals surface area contributed by atoms with Gasteiger partial charge in [-0.1, -0.05) is 17.7 Å². The summed E-state index contributed by atoms with van der Waals surface area (Å²) in [6.45, 7) is 3.82. The fraction of sp³-hybridized carbons (Fsp3) is 0.400. The number of imidazole rings is 1. The van der Waals surface area contributed by atoms with E-state index in [1.165, 1.54) is 5.56 Å². The van der Waals surface area contributed by atoms with Gasteiger partial charge < -0.3 is 9.88 Å². The first-order valence-corrected chi connectivity index (χ1v) is 8.18. The topological polar surface area (TPSA) is 33.1 Å². The molecular weight excluding hydrogens is 352 g/mol. The standard InChI is InChI=1S/C15H18BrClN4/c1-20-6-5-19-15(20)14-9-18-4-7-21(14)10-11-2-3-12(16)13(17)8-11/h2-3,5-6,8,14,18H,4,7,9-10H2,1H3. The molecule has 1 unspecified atom stereocenters. The lowest BCUT2D eigenvalue weighted by atomic mass is 10.1. The molecule has 1 atom stereocenters. The van der Waals surface area contributed by atoms with Gasteiger partial charge in [-0.3, -0.25) is 4.90 Å². The van der Waals surface area contributed by atoms with Gasteiger partial charge in [0.25, 0.3) is 0 Å². The number of nitrogens with zero attached hydrogens (tertiary/aromatic N) is 3. The molecule has 0 bridgehead atoms. The summed E-state index contributed by atoms with van der Waals surface area (Å²) in [6, 6.07) is 6.45. The minimum Gasteiger partial charge on any atom is -0.337 e. The van der Waals surface area contributed by atoms with Gasteiger partial charge in [-0.15, -0.1) is 0 Å². The first-order chi connectivity index (χ1) is 10.1. The summed E-state index contributed by atoms with van der Waals surface area (Å²) in [6.07, 6.45) is 3.86. The Morgan fingerprint density at radius 3 is 3.05 bits per heavy atom. The van der Waals surface area contributed by atoms with Crippen molar-refractivity contribution in [1.82, 2.24) is 19.8 Å². The zero-order valence-corrected chi connectivity index (χ0v) is 14.2. The third kappa shape index (κ3) is 3.31. The Morgan fingerprint density at radius 2 is 2.33 bits per heavy atom. The fourth-order valence-corrected chi connectivity index (χ4v) is 3.21. The number of piperazine rings is 1. The molecule has 1 N–H and O–H groups in total. The van der Waals surface area contributed by atoms with Gasteiger partial charge in [0, 0.05) is 50.1 Å². The van der Waals surface area contributed by atoms with Crippen LogP contribution in [0.5, 0.6) is 0 Å². The second-order valence-corrected chi connectivity index (χ2v) is 6.60. The molecule has 4 nitrogen and oxygen atoms in total. The van der Waals surface area contributed by atoms with Gasteiger partial charge in [-0.05, 0) is 33.6 Å². The summed E-state index contributed by atoms with van der Waals surface area (Å²) in [4.78, 5) is 6.97. The van der Waals surface area contributed by atoms with Crippen molar-refractivity contribution in [3.05, 3.63) is 51.5 Å². The van der Waals surface area contributed by atoms with E-state index in [-0.39, 0.29) is 0 Å². The molecule has 1 aliphatic rings. The number of benzene rings is 1. The molecule has 0 saturated carbocycles. The van der Waals surface area contributed by atoms with E-state index >= 15 is 0 Å². The van der Waals surface area contributed by atoms with E-state index in [9.17, 15) is 0 Å². The van der Waals surface area contributed by atoms with Crippen LogP contribution < -0.4 is 5.32 Å². The van der Waals surface area contributed by atoms with Crippen LogP contribution in [0.2, 0.25) is 5.02 Å². The highest BCUT2D eigenvalue weighted by atomic mass is 79.9. The minimum atomic E-state index is 0.293. The van der Waals surface area contributed by atoms with Gasteiger partial charge in [0.05, 0.1) is 11.1 Å². The number of aromatic nitrogens is 2. The molecule has 1 aromatic carbocycles. The third-order valence-corrected chi connectivity index (χ3v) is 5.11. The van der Waals surface area contributed by atoms with E-state index in [1.54, 1.807) is 0 Å². The van der Waals surface area contributed by atoms with E-state index in [4.69, 9.17) is 11.6 Å². The number of halogens is 2. The minimum absolute atomic E-state index is 0.293. The Hall–Kier alpha value is -0.880. The normalized spacial score (nSPS) is 19.9. The molecule has 6 heteroatoms. The van der Waals surface area contributed by atoms with E-state index in [0.29, 0.717) is 6.04 Å². The highest BCUT2D eigenvalue weighted by Gasteiger charge is 2.26. The van der Waals surface area contributed by atoms with Gasteiger partial charge in [0.2, 0.25) is 0 Å². The molecule has 2 heterocycles. The van der Waals surface area contributed by atoms with Gasteiger partial charge in [-0.25, -0.2) is 4.98 Å². The van der Waals surface area contributed by atoms with Crippen LogP contribution in [-0.4, -0.2) is 34.1 Å². The second kappa shape index (κ2) is 6.48. The van der Waals surface area contributed by atoms with Gasteiger partial charge in [0.1, 0.15) is 5.82 Å². The smallest absolute Gasteiger partial charge is 0.127 e. The molecule has 1 fully saturated rings. The number of rotatable bonds is 3. The van der Waals surface area contributed by atoms with Crippen molar-refractivity contribution in [2.45, 2.75) is 12.6 Å². The lowest BCUT2D eigenvalue weighted by Gasteiger charge is -2.35. The number of nitrogens with one attached hydrogen (secondary N) is 1. The number of hydrogen-bond acceptors (Lipinski definition) is 3. The quantitative estimate of drug-likeness (QED) is 0.903. The van der Waals surface area contributed by atoms with Crippen molar-refractivity contribution in [3.63, 3.8) is 0 Å². The molecule has 1 saturated heterocycles. The number of aryl methyl sites for hydroxylation is 1. The lowest BCUT2D eigenvalue weighted by Crippen LogP contribution is -2.46. The molecule has 0 amide bonds. The van der Waals surface area contributed by atoms with Crippen molar-refractivity contribution < 1.29 is 0 Å². The van der Waals surface area contributed by atoms with Crippen LogP contribution in [0.15, 0.2) is 35.1 Å². The summed E-state index contributed by atoms with van der Waals surface area (Å²) in [5, 5.41) is 4.22. The average molecular weight is 370 g/mol. The SMILES string of the molecule is Cn1ccnc1C1CNCCN1Cc1ccc(Br)c(Cl)c1. The van der Waals surface area contributed by atoms with Crippen LogP contribution in [0.4, 0.5) is 0 Å². The van der Waals surface area contributed by atoms with Gasteiger partial charge >= 0.3 is 0 Å². The highest BCUT2D eigenvalue weighted by molar-refractivity contribution is 9.10. The third-order valence-electron chi connectivity index (χ3n) is 3.88. The van der Waals surface area contributed by atoms with Gasteiger partial charge in [-0.2, -0.15) is 0 Å². The maximum absolute atomic E-state index is 6.20. The highest BCUT2D eigenvalue weighted by Crippen LogP contribution is 2.26. The predicted octanol–water partition coefficient (Wildman–Crippen LogP) is 2.98. The van der Waals surface area contributed by atoms with Crippen LogP contribution in [0.3, 0.4) is 0 Å². The Labute approximate surface area is 138 Å². The van der Waals surface area contributed by atoms with Gasteiger partial charge in [0.15, 0.2) is 0 Å². The molecule has 1 aliphatic heterocycles. The molecular formula is C15H18BrClN4. The van der Waals surface area contributed by atoms with E-state index < -0.39 is 0 Å². The van der Waals surface area contributed by atoms with Crippen molar-refractivity contribution in [3.8, 4) is 0 Å². The average Bonchev–Trinajstić information content (AvgIpc) is 2.90. The van der Waals surface area contributed by atoms with Crippen molar-refractivity contribution in [2.24, 2.45) is 7.05 Å². The first kappa shape index (κ1) is 15.0. The maximum Gasteiger partial charge on any atom is 0.127 e. The summed E-state index contributed by atoms with van der Waals surface area (Å²) in [7, 11) is 2.05. The summed E-state index contributed by atoms with van der Waals surface area (Å²) < 4.78 is 3.04. The molecule has 1 aromatic heterocycles. The predicted molar refractivity (Wildman–Crippen MR) is 88.4 cm³/mol. The molecule has 3 rings (SSSR count). The molecule has 112 valence electrons. The van der Waals surface area contributed by atoms with E-state index in [2.05, 4.69) is 41.8 Å². The van der Waals surface area contributed by atoms with Crippen LogP contribution in [0.1, 0.15) is 17.4 Å². The van der Waals surface area contributed by atoms with Crippen LogP contribution in [0.25, 0.3) is 0 Å². The zero-order valence-electron chi connectivity index (χ0n) is 11.9. The summed E-state index contributed by atoms with van der Waals surface area (Å²) in [5.74, 6) is 1.10. The molecule has 21 heavy (non-hydrogen) atoms. The number of hydrogen-bond donors (Lipinski definition) is 1. The Morgan fingerprint density at radius 1 is 1.48 bits per heavy atom. The Balaban J connectivity index is 1.81. The Bertz CT molecular complexity index is 628. The molecule has 0 radical (unpaired) electrons. The Kier molecular flexibility index (Phi) is 4.64. The molecule has 0 spiro atoms. The lowest BCUT2D eigenvalue weighted by molar-refractivity contribution is 0.145. The fourth-order valence-electron chi connectivity index (χ4n) is 2.76. The zero-order chi connectivity index (χ0) is 14.8. The van der Waals surface area contributed by atoms with E-state index in [1.807, 2.05) is 31.6 Å². The van der Waals surface area contributed by atoms with E-state index in [0.717, 1.165) is 41.5 Å². The first-order valence-electron chi connectivity index (χ1n) is 7.01. The van der Waals surface area contributed by atoms with Crippen molar-refractivity contribution >= 4 is 27.5 Å². The van der Waals surface area contributed by atoms with Crippen molar-refractivity contribution in [2.75, 3.05) is 19.6 Å². The van der Waals surface area contributed by atoms with Crippen molar-refractivity contribution in [1.29, 1.82) is 0 Å². The monoisotopic (exact) mass is 368 g/mol. The maximum atomic E-state index is 6.20. The second-order valence-electron chi connectivity index (χ2n) is 5.34. The van der Waals surface area contributed by atoms with Crippen LogP contribution >= 0.6 is 27.5 Å². The van der Waals surface area contributed by atoms with Crippen LogP contribution in [0, 0.1) is 0 Å². The molecule has 2 aromatic rings. The summed E-state index contributed by atoms with van der Waals surface area (Å²) >= 11 is 9.64.